The lowest BCUT2D eigenvalue weighted by atomic mass is 9.97. The first-order valence-electron chi connectivity index (χ1n) is 6.62. The van der Waals surface area contributed by atoms with E-state index in [0.29, 0.717) is 18.1 Å². The second kappa shape index (κ2) is 4.52. The van der Waals surface area contributed by atoms with Crippen molar-refractivity contribution < 1.29 is 9.50 Å². The third-order valence-corrected chi connectivity index (χ3v) is 4.30. The molecule has 0 radical (unpaired) electrons. The molecule has 2 bridgehead atoms. The summed E-state index contributed by atoms with van der Waals surface area (Å²) in [4.78, 5) is 2.45. The Balaban J connectivity index is 1.75. The van der Waals surface area contributed by atoms with Crippen LogP contribution in [-0.2, 0) is 6.54 Å². The van der Waals surface area contributed by atoms with Crippen molar-refractivity contribution in [2.45, 2.75) is 50.4 Å². The Bertz CT molecular complexity index is 437. The highest BCUT2D eigenvalue weighted by atomic mass is 19.1. The van der Waals surface area contributed by atoms with E-state index in [0.717, 1.165) is 24.9 Å². The lowest BCUT2D eigenvalue weighted by Gasteiger charge is -2.37. The van der Waals surface area contributed by atoms with Gasteiger partial charge in [-0.1, -0.05) is 6.07 Å². The molecule has 0 saturated carbocycles. The second-order valence-electron chi connectivity index (χ2n) is 5.57. The number of piperidine rings is 1. The molecule has 1 aromatic carbocycles. The van der Waals surface area contributed by atoms with E-state index in [9.17, 15) is 9.50 Å². The van der Waals surface area contributed by atoms with Crippen LogP contribution in [0.4, 0.5) is 4.39 Å². The average Bonchev–Trinajstić information content (AvgIpc) is 2.58. The number of phenolic OH excluding ortho intramolecular Hbond substituents is 1. The van der Waals surface area contributed by atoms with Gasteiger partial charge < -0.3 is 10.8 Å². The highest BCUT2D eigenvalue weighted by molar-refractivity contribution is 5.28. The molecule has 0 spiro atoms. The van der Waals surface area contributed by atoms with Gasteiger partial charge in [-0.3, -0.25) is 4.90 Å². The van der Waals surface area contributed by atoms with Crippen LogP contribution in [0.5, 0.6) is 5.75 Å². The molecule has 18 heavy (non-hydrogen) atoms. The quantitative estimate of drug-likeness (QED) is 0.844. The van der Waals surface area contributed by atoms with Gasteiger partial charge in [0, 0.05) is 24.7 Å². The number of phenols is 1. The molecule has 4 heteroatoms. The maximum Gasteiger partial charge on any atom is 0.165 e. The fourth-order valence-electron chi connectivity index (χ4n) is 3.43. The summed E-state index contributed by atoms with van der Waals surface area (Å²) in [6, 6.07) is 6.10. The lowest BCUT2D eigenvalue weighted by molar-refractivity contribution is 0.120. The molecule has 2 atom stereocenters. The minimum absolute atomic E-state index is 0.276. The number of rotatable bonds is 2. The van der Waals surface area contributed by atoms with Gasteiger partial charge in [0.1, 0.15) is 0 Å². The Labute approximate surface area is 106 Å². The summed E-state index contributed by atoms with van der Waals surface area (Å²) < 4.78 is 13.3. The fourth-order valence-corrected chi connectivity index (χ4v) is 3.43. The van der Waals surface area contributed by atoms with Crippen molar-refractivity contribution >= 4 is 0 Å². The first-order valence-corrected chi connectivity index (χ1v) is 6.62. The summed E-state index contributed by atoms with van der Waals surface area (Å²) in [6.07, 6.45) is 4.52. The summed E-state index contributed by atoms with van der Waals surface area (Å²) in [6.45, 7) is 0.763. The Morgan fingerprint density at radius 2 is 1.94 bits per heavy atom. The van der Waals surface area contributed by atoms with Crippen molar-refractivity contribution in [2.24, 2.45) is 5.73 Å². The van der Waals surface area contributed by atoms with E-state index in [4.69, 9.17) is 5.73 Å². The summed E-state index contributed by atoms with van der Waals surface area (Å²) in [7, 11) is 0. The van der Waals surface area contributed by atoms with Gasteiger partial charge in [0.15, 0.2) is 11.6 Å². The number of benzene rings is 1. The zero-order valence-corrected chi connectivity index (χ0v) is 10.3. The van der Waals surface area contributed by atoms with Crippen molar-refractivity contribution in [2.75, 3.05) is 0 Å². The minimum Gasteiger partial charge on any atom is -0.505 e. The van der Waals surface area contributed by atoms with E-state index in [1.54, 1.807) is 6.07 Å². The molecule has 0 aliphatic carbocycles. The zero-order valence-electron chi connectivity index (χ0n) is 10.3. The predicted octanol–water partition coefficient (Wildman–Crippen LogP) is 1.99. The highest BCUT2D eigenvalue weighted by Gasteiger charge is 2.39. The number of halogens is 1. The molecule has 0 amide bonds. The van der Waals surface area contributed by atoms with Crippen molar-refractivity contribution in [3.05, 3.63) is 29.6 Å². The van der Waals surface area contributed by atoms with Gasteiger partial charge in [-0.25, -0.2) is 4.39 Å². The number of hydrogen-bond acceptors (Lipinski definition) is 3. The molecular weight excluding hydrogens is 231 g/mol. The molecule has 3 N–H and O–H groups in total. The van der Waals surface area contributed by atoms with Gasteiger partial charge in [0.05, 0.1) is 0 Å². The topological polar surface area (TPSA) is 49.5 Å². The third kappa shape index (κ3) is 2.10. The Morgan fingerprint density at radius 1 is 1.28 bits per heavy atom. The van der Waals surface area contributed by atoms with Crippen LogP contribution in [0.2, 0.25) is 0 Å². The minimum atomic E-state index is -0.534. The monoisotopic (exact) mass is 250 g/mol. The van der Waals surface area contributed by atoms with Gasteiger partial charge in [0.25, 0.3) is 0 Å². The molecule has 2 fully saturated rings. The summed E-state index contributed by atoms with van der Waals surface area (Å²) in [5.74, 6) is -0.809. The molecule has 2 saturated heterocycles. The van der Waals surface area contributed by atoms with Gasteiger partial charge in [0.2, 0.25) is 0 Å². The number of aromatic hydroxyl groups is 1. The molecule has 2 heterocycles. The van der Waals surface area contributed by atoms with Crippen LogP contribution in [0.25, 0.3) is 0 Å². The standard InChI is InChI=1S/C14H19FN2O/c15-13-5-9(1-4-14(13)18)8-17-11-2-3-12(17)7-10(16)6-11/h1,4-5,10-12,18H,2-3,6-8,16H2. The van der Waals surface area contributed by atoms with Crippen molar-refractivity contribution in [3.8, 4) is 5.75 Å². The smallest absolute Gasteiger partial charge is 0.165 e. The van der Waals surface area contributed by atoms with Gasteiger partial charge in [-0.05, 0) is 43.4 Å². The molecule has 1 aromatic rings. The van der Waals surface area contributed by atoms with Crippen LogP contribution in [0.3, 0.4) is 0 Å². The van der Waals surface area contributed by atoms with Gasteiger partial charge in [-0.2, -0.15) is 0 Å². The molecule has 0 aromatic heterocycles. The van der Waals surface area contributed by atoms with Crippen molar-refractivity contribution in [1.82, 2.24) is 4.90 Å². The molecule has 98 valence electrons. The number of hydrogen-bond donors (Lipinski definition) is 2. The van der Waals surface area contributed by atoms with Gasteiger partial charge in [-0.15, -0.1) is 0 Å². The van der Waals surface area contributed by atoms with E-state index < -0.39 is 5.82 Å². The maximum atomic E-state index is 13.3. The molecule has 3 nitrogen and oxygen atoms in total. The lowest BCUT2D eigenvalue weighted by Crippen LogP contribution is -2.46. The van der Waals surface area contributed by atoms with Crippen LogP contribution >= 0.6 is 0 Å². The molecule has 2 unspecified atom stereocenters. The molecular formula is C14H19FN2O. The fraction of sp³-hybridized carbons (Fsp3) is 0.571. The molecule has 3 rings (SSSR count). The van der Waals surface area contributed by atoms with Crippen LogP contribution < -0.4 is 5.73 Å². The Morgan fingerprint density at radius 3 is 2.56 bits per heavy atom. The van der Waals surface area contributed by atoms with Crippen molar-refractivity contribution in [3.63, 3.8) is 0 Å². The highest BCUT2D eigenvalue weighted by Crippen LogP contribution is 2.36. The normalized spacial score (nSPS) is 31.8. The maximum absolute atomic E-state index is 13.3. The first-order chi connectivity index (χ1) is 8.63. The van der Waals surface area contributed by atoms with Crippen LogP contribution in [0.15, 0.2) is 18.2 Å². The molecule has 2 aliphatic rings. The number of nitrogens with two attached hydrogens (primary N) is 1. The van der Waals surface area contributed by atoms with E-state index in [1.165, 1.54) is 25.0 Å². The van der Waals surface area contributed by atoms with E-state index in [-0.39, 0.29) is 5.75 Å². The van der Waals surface area contributed by atoms with E-state index >= 15 is 0 Å². The summed E-state index contributed by atoms with van der Waals surface area (Å²) in [5.41, 5.74) is 6.96. The van der Waals surface area contributed by atoms with E-state index in [1.807, 2.05) is 0 Å². The van der Waals surface area contributed by atoms with Crippen LogP contribution in [-0.4, -0.2) is 28.1 Å². The van der Waals surface area contributed by atoms with Crippen LogP contribution in [0.1, 0.15) is 31.2 Å². The van der Waals surface area contributed by atoms with Gasteiger partial charge >= 0.3 is 0 Å². The van der Waals surface area contributed by atoms with E-state index in [2.05, 4.69) is 4.90 Å². The summed E-state index contributed by atoms with van der Waals surface area (Å²) >= 11 is 0. The molecule has 2 aliphatic heterocycles. The zero-order chi connectivity index (χ0) is 12.7. The predicted molar refractivity (Wildman–Crippen MR) is 67.6 cm³/mol. The Hall–Kier alpha value is -1.13. The second-order valence-corrected chi connectivity index (χ2v) is 5.57. The number of nitrogens with zero attached hydrogens (tertiary/aromatic N) is 1. The number of fused-ring (bicyclic) bond motifs is 2. The first kappa shape index (κ1) is 11.9. The van der Waals surface area contributed by atoms with Crippen LogP contribution in [0, 0.1) is 5.82 Å². The summed E-state index contributed by atoms with van der Waals surface area (Å²) in [5, 5.41) is 9.20. The van der Waals surface area contributed by atoms with Crippen molar-refractivity contribution in [1.29, 1.82) is 0 Å². The SMILES string of the molecule is NC1CC2CCC(C1)N2Cc1ccc(O)c(F)c1. The average molecular weight is 250 g/mol. The Kier molecular flexibility index (Phi) is 2.99. The third-order valence-electron chi connectivity index (χ3n) is 4.30. The largest absolute Gasteiger partial charge is 0.505 e.